The summed E-state index contributed by atoms with van der Waals surface area (Å²) >= 11 is 0. The molecular formula is C29H27F2NO4S. The highest BCUT2D eigenvalue weighted by Gasteiger charge is 2.30. The minimum absolute atomic E-state index is 0.113. The molecule has 37 heavy (non-hydrogen) atoms. The van der Waals surface area contributed by atoms with Gasteiger partial charge in [0.15, 0.2) is 0 Å². The molecule has 0 aliphatic carbocycles. The Labute approximate surface area is 215 Å². The van der Waals surface area contributed by atoms with Gasteiger partial charge in [0.2, 0.25) is 10.0 Å². The number of hydrogen-bond acceptors (Lipinski definition) is 4. The summed E-state index contributed by atoms with van der Waals surface area (Å²) in [6, 6.07) is 30.0. The van der Waals surface area contributed by atoms with E-state index in [0.29, 0.717) is 11.6 Å². The summed E-state index contributed by atoms with van der Waals surface area (Å²) in [4.78, 5) is -0.663. The van der Waals surface area contributed by atoms with Crippen LogP contribution >= 0.6 is 0 Å². The Kier molecular flexibility index (Phi) is 8.78. The van der Waals surface area contributed by atoms with Crippen molar-refractivity contribution in [3.05, 3.63) is 138 Å². The van der Waals surface area contributed by atoms with Crippen molar-refractivity contribution in [1.82, 2.24) is 4.31 Å². The predicted octanol–water partition coefficient (Wildman–Crippen LogP) is 5.32. The van der Waals surface area contributed by atoms with E-state index in [0.717, 1.165) is 27.6 Å². The molecule has 0 bridgehead atoms. The molecule has 4 aromatic carbocycles. The summed E-state index contributed by atoms with van der Waals surface area (Å²) < 4.78 is 61.8. The molecule has 8 heteroatoms. The minimum Gasteiger partial charge on any atom is -0.389 e. The first-order chi connectivity index (χ1) is 17.8. The van der Waals surface area contributed by atoms with Crippen molar-refractivity contribution in [2.75, 3.05) is 13.2 Å². The molecule has 0 aliphatic heterocycles. The fourth-order valence-corrected chi connectivity index (χ4v) is 5.50. The Morgan fingerprint density at radius 1 is 0.784 bits per heavy atom. The first-order valence-corrected chi connectivity index (χ1v) is 13.2. The van der Waals surface area contributed by atoms with Crippen LogP contribution in [0.25, 0.3) is 0 Å². The Morgan fingerprint density at radius 3 is 1.86 bits per heavy atom. The fraction of sp³-hybridized carbons (Fsp3) is 0.172. The first kappa shape index (κ1) is 26.6. The molecule has 4 rings (SSSR count). The molecule has 0 saturated heterocycles. The van der Waals surface area contributed by atoms with Crippen molar-refractivity contribution in [1.29, 1.82) is 0 Å². The highest BCUT2D eigenvalue weighted by Crippen LogP contribution is 2.27. The number of ether oxygens (including phenoxy) is 1. The summed E-state index contributed by atoms with van der Waals surface area (Å²) in [5.74, 6) is -2.08. The lowest BCUT2D eigenvalue weighted by atomic mass is 10.0. The van der Waals surface area contributed by atoms with E-state index in [1.165, 1.54) is 0 Å². The Bertz CT molecular complexity index is 1350. The van der Waals surface area contributed by atoms with Crippen molar-refractivity contribution < 1.29 is 27.0 Å². The molecule has 192 valence electrons. The quantitative estimate of drug-likeness (QED) is 0.289. The van der Waals surface area contributed by atoms with E-state index in [1.54, 1.807) is 30.3 Å². The van der Waals surface area contributed by atoms with Crippen LogP contribution in [-0.4, -0.2) is 37.1 Å². The van der Waals surface area contributed by atoms with Gasteiger partial charge < -0.3 is 9.84 Å². The van der Waals surface area contributed by atoms with E-state index in [-0.39, 0.29) is 19.7 Å². The van der Waals surface area contributed by atoms with Gasteiger partial charge in [0.25, 0.3) is 0 Å². The van der Waals surface area contributed by atoms with Gasteiger partial charge in [-0.05, 0) is 28.8 Å². The minimum atomic E-state index is -4.41. The molecule has 0 saturated carbocycles. The van der Waals surface area contributed by atoms with Crippen molar-refractivity contribution in [3.8, 4) is 0 Å². The lowest BCUT2D eigenvalue weighted by molar-refractivity contribution is -0.000794. The van der Waals surface area contributed by atoms with Gasteiger partial charge in [-0.1, -0.05) is 91.0 Å². The smallest absolute Gasteiger partial charge is 0.246 e. The van der Waals surface area contributed by atoms with E-state index in [1.807, 2.05) is 60.7 Å². The maximum Gasteiger partial charge on any atom is 0.246 e. The Hall–Kier alpha value is -3.43. The molecule has 0 spiro atoms. The summed E-state index contributed by atoms with van der Waals surface area (Å²) in [6.45, 7) is -0.649. The molecule has 0 aliphatic rings. The van der Waals surface area contributed by atoms with Crippen molar-refractivity contribution in [3.63, 3.8) is 0 Å². The summed E-state index contributed by atoms with van der Waals surface area (Å²) in [5, 5.41) is 10.9. The first-order valence-electron chi connectivity index (χ1n) is 11.7. The largest absolute Gasteiger partial charge is 0.389 e. The summed E-state index contributed by atoms with van der Waals surface area (Å²) in [7, 11) is -4.41. The highest BCUT2D eigenvalue weighted by molar-refractivity contribution is 7.89. The SMILES string of the molecule is O=S(=O)(c1ccc(F)cc1F)N(Cc1ccccc1)C[C@H](O)COC(c1ccccc1)c1ccccc1. The van der Waals surface area contributed by atoms with Crippen molar-refractivity contribution in [2.45, 2.75) is 23.6 Å². The van der Waals surface area contributed by atoms with E-state index in [4.69, 9.17) is 4.74 Å². The molecule has 0 unspecified atom stereocenters. The third-order valence-electron chi connectivity index (χ3n) is 5.79. The Morgan fingerprint density at radius 2 is 1.32 bits per heavy atom. The zero-order valence-corrected chi connectivity index (χ0v) is 20.8. The maximum absolute atomic E-state index is 14.5. The van der Waals surface area contributed by atoms with Crippen LogP contribution in [0.4, 0.5) is 8.78 Å². The lowest BCUT2D eigenvalue weighted by Crippen LogP contribution is -2.39. The number of nitrogens with zero attached hydrogens (tertiary/aromatic N) is 1. The second-order valence-electron chi connectivity index (χ2n) is 8.55. The second-order valence-corrected chi connectivity index (χ2v) is 10.5. The Balaban J connectivity index is 1.56. The molecule has 0 radical (unpaired) electrons. The van der Waals surface area contributed by atoms with E-state index >= 15 is 0 Å². The topological polar surface area (TPSA) is 66.8 Å². The van der Waals surface area contributed by atoms with Crippen LogP contribution in [0.1, 0.15) is 22.8 Å². The summed E-state index contributed by atoms with van der Waals surface area (Å²) in [6.07, 6.45) is -1.71. The van der Waals surface area contributed by atoms with Crippen LogP contribution in [0.5, 0.6) is 0 Å². The van der Waals surface area contributed by atoms with E-state index < -0.39 is 38.8 Å². The van der Waals surface area contributed by atoms with Gasteiger partial charge in [0, 0.05) is 19.2 Å². The normalized spacial score (nSPS) is 12.7. The third kappa shape index (κ3) is 6.87. The van der Waals surface area contributed by atoms with Crippen LogP contribution in [0.3, 0.4) is 0 Å². The molecular weight excluding hydrogens is 496 g/mol. The average Bonchev–Trinajstić information content (AvgIpc) is 2.90. The number of sulfonamides is 1. The number of hydrogen-bond donors (Lipinski definition) is 1. The van der Waals surface area contributed by atoms with Gasteiger partial charge in [-0.3, -0.25) is 0 Å². The zero-order valence-electron chi connectivity index (χ0n) is 20.0. The zero-order chi connectivity index (χ0) is 26.3. The van der Waals surface area contributed by atoms with Crippen LogP contribution < -0.4 is 0 Å². The maximum atomic E-state index is 14.5. The average molecular weight is 524 g/mol. The molecule has 0 aromatic heterocycles. The van der Waals surface area contributed by atoms with Crippen LogP contribution in [-0.2, 0) is 21.3 Å². The van der Waals surface area contributed by atoms with Gasteiger partial charge in [-0.2, -0.15) is 4.31 Å². The van der Waals surface area contributed by atoms with Gasteiger partial charge >= 0.3 is 0 Å². The number of benzene rings is 4. The van der Waals surface area contributed by atoms with Gasteiger partial charge in [0.1, 0.15) is 22.6 Å². The monoisotopic (exact) mass is 523 g/mol. The third-order valence-corrected chi connectivity index (χ3v) is 7.63. The van der Waals surface area contributed by atoms with Crippen LogP contribution in [0.2, 0.25) is 0 Å². The lowest BCUT2D eigenvalue weighted by Gasteiger charge is -2.26. The van der Waals surface area contributed by atoms with E-state index in [9.17, 15) is 22.3 Å². The van der Waals surface area contributed by atoms with Crippen molar-refractivity contribution >= 4 is 10.0 Å². The molecule has 0 amide bonds. The highest BCUT2D eigenvalue weighted by atomic mass is 32.2. The molecule has 4 aromatic rings. The van der Waals surface area contributed by atoms with Crippen LogP contribution in [0, 0.1) is 11.6 Å². The molecule has 0 heterocycles. The number of rotatable bonds is 11. The number of aliphatic hydroxyl groups excluding tert-OH is 1. The molecule has 1 N–H and O–H groups in total. The van der Waals surface area contributed by atoms with Gasteiger partial charge in [-0.25, -0.2) is 17.2 Å². The number of halogens is 2. The van der Waals surface area contributed by atoms with Crippen molar-refractivity contribution in [2.24, 2.45) is 0 Å². The predicted molar refractivity (Wildman–Crippen MR) is 137 cm³/mol. The van der Waals surface area contributed by atoms with Gasteiger partial charge in [-0.15, -0.1) is 0 Å². The van der Waals surface area contributed by atoms with Gasteiger partial charge in [0.05, 0.1) is 12.7 Å². The second kappa shape index (κ2) is 12.2. The molecule has 1 atom stereocenters. The molecule has 5 nitrogen and oxygen atoms in total. The molecule has 0 fully saturated rings. The number of aliphatic hydroxyl groups is 1. The van der Waals surface area contributed by atoms with Crippen LogP contribution in [0.15, 0.2) is 114 Å². The fourth-order valence-electron chi connectivity index (χ4n) is 3.99. The standard InChI is InChI=1S/C29H27F2NO4S/c30-25-16-17-28(27(31)18-25)37(34,35)32(19-22-10-4-1-5-11-22)20-26(33)21-36-29(23-12-6-2-7-13-23)24-14-8-3-9-15-24/h1-18,26,29,33H,19-21H2/t26-/m0/s1. The van der Waals surface area contributed by atoms with E-state index in [2.05, 4.69) is 0 Å². The summed E-state index contributed by atoms with van der Waals surface area (Å²) in [5.41, 5.74) is 2.40.